The molecule has 130 valence electrons. The summed E-state index contributed by atoms with van der Waals surface area (Å²) in [6, 6.07) is 12.0. The molecule has 2 aromatic heterocycles. The highest BCUT2D eigenvalue weighted by Gasteiger charge is 2.17. The lowest BCUT2D eigenvalue weighted by atomic mass is 10.1. The molecule has 3 aromatic rings. The number of furan rings is 1. The Bertz CT molecular complexity index is 1010. The minimum absolute atomic E-state index is 0.0815. The van der Waals surface area contributed by atoms with Crippen molar-refractivity contribution >= 4 is 15.7 Å². The number of methoxy groups -OCH3 is 1. The summed E-state index contributed by atoms with van der Waals surface area (Å²) >= 11 is 0. The second-order valence-electron chi connectivity index (χ2n) is 5.58. The molecule has 2 heterocycles. The zero-order chi connectivity index (χ0) is 18.0. The zero-order valence-corrected chi connectivity index (χ0v) is 14.9. The van der Waals surface area contributed by atoms with E-state index in [1.54, 1.807) is 6.07 Å². The van der Waals surface area contributed by atoms with Gasteiger partial charge in [0.15, 0.2) is 0 Å². The lowest BCUT2D eigenvalue weighted by molar-refractivity contribution is 0.396. The van der Waals surface area contributed by atoms with E-state index in [4.69, 9.17) is 9.15 Å². The zero-order valence-electron chi connectivity index (χ0n) is 14.1. The van der Waals surface area contributed by atoms with Crippen molar-refractivity contribution in [3.8, 4) is 17.2 Å². The van der Waals surface area contributed by atoms with Gasteiger partial charge in [-0.25, -0.2) is 13.4 Å². The Balaban J connectivity index is 1.96. The number of anilines is 1. The predicted octanol–water partition coefficient (Wildman–Crippen LogP) is 3.77. The van der Waals surface area contributed by atoms with E-state index in [1.807, 2.05) is 38.1 Å². The van der Waals surface area contributed by atoms with E-state index < -0.39 is 10.0 Å². The van der Waals surface area contributed by atoms with E-state index in [1.165, 1.54) is 25.4 Å². The van der Waals surface area contributed by atoms with Gasteiger partial charge in [0, 0.05) is 17.8 Å². The molecule has 0 spiro atoms. The van der Waals surface area contributed by atoms with Gasteiger partial charge < -0.3 is 9.15 Å². The third-order valence-corrected chi connectivity index (χ3v) is 5.10. The van der Waals surface area contributed by atoms with E-state index in [2.05, 4.69) is 9.71 Å². The Morgan fingerprint density at radius 1 is 1.08 bits per heavy atom. The van der Waals surface area contributed by atoms with E-state index in [-0.39, 0.29) is 10.8 Å². The maximum atomic E-state index is 12.7. The van der Waals surface area contributed by atoms with Gasteiger partial charge in [-0.15, -0.1) is 0 Å². The summed E-state index contributed by atoms with van der Waals surface area (Å²) in [5.41, 5.74) is 2.09. The molecule has 0 aliphatic carbocycles. The number of hydrogen-bond acceptors (Lipinski definition) is 5. The number of hydrogen-bond donors (Lipinski definition) is 1. The highest BCUT2D eigenvalue weighted by Crippen LogP contribution is 2.28. The standard InChI is InChI=1S/C18H18N2O4S/c1-12-4-6-14(17-7-5-13(2)24-17)10-16(12)20-25(21,22)15-8-9-19-18(11-15)23-3/h4-11,20H,1-3H3. The average molecular weight is 358 g/mol. The van der Waals surface area contributed by atoms with Crippen LogP contribution in [0.4, 0.5) is 5.69 Å². The van der Waals surface area contributed by atoms with E-state index >= 15 is 0 Å². The number of pyridine rings is 1. The van der Waals surface area contributed by atoms with Gasteiger partial charge in [-0.05, 0) is 43.7 Å². The maximum Gasteiger partial charge on any atom is 0.262 e. The normalized spacial score (nSPS) is 11.3. The molecule has 0 fully saturated rings. The van der Waals surface area contributed by atoms with Crippen molar-refractivity contribution in [1.29, 1.82) is 0 Å². The first-order valence-corrected chi connectivity index (χ1v) is 9.08. The Morgan fingerprint density at radius 3 is 2.56 bits per heavy atom. The molecule has 0 aliphatic heterocycles. The molecule has 6 nitrogen and oxygen atoms in total. The molecule has 25 heavy (non-hydrogen) atoms. The van der Waals surface area contributed by atoms with Crippen molar-refractivity contribution in [2.24, 2.45) is 0 Å². The number of benzene rings is 1. The Hall–Kier alpha value is -2.80. The van der Waals surface area contributed by atoms with Crippen molar-refractivity contribution < 1.29 is 17.6 Å². The van der Waals surface area contributed by atoms with E-state index in [0.29, 0.717) is 11.4 Å². The Kier molecular flexibility index (Phi) is 4.50. The van der Waals surface area contributed by atoms with Crippen LogP contribution in [-0.4, -0.2) is 20.5 Å². The number of aryl methyl sites for hydroxylation is 2. The minimum atomic E-state index is -3.76. The van der Waals surface area contributed by atoms with Gasteiger partial charge in [0.1, 0.15) is 11.5 Å². The number of aromatic nitrogens is 1. The molecule has 7 heteroatoms. The first kappa shape index (κ1) is 17.0. The SMILES string of the molecule is COc1cc(S(=O)(=O)Nc2cc(-c3ccc(C)o3)ccc2C)ccn1. The van der Waals surface area contributed by atoms with Crippen LogP contribution in [0.3, 0.4) is 0 Å². The Labute approximate surface area is 146 Å². The maximum absolute atomic E-state index is 12.7. The van der Waals surface area contributed by atoms with E-state index in [0.717, 1.165) is 16.9 Å². The van der Waals surface area contributed by atoms with Crippen LogP contribution in [-0.2, 0) is 10.0 Å². The lowest BCUT2D eigenvalue weighted by Gasteiger charge is -2.12. The quantitative estimate of drug-likeness (QED) is 0.751. The lowest BCUT2D eigenvalue weighted by Crippen LogP contribution is -2.14. The second-order valence-corrected chi connectivity index (χ2v) is 7.26. The predicted molar refractivity (Wildman–Crippen MR) is 95.2 cm³/mol. The van der Waals surface area contributed by atoms with Gasteiger partial charge in [-0.3, -0.25) is 4.72 Å². The number of nitrogens with zero attached hydrogens (tertiary/aromatic N) is 1. The molecule has 0 amide bonds. The molecule has 0 unspecified atom stereocenters. The van der Waals surface area contributed by atoms with Gasteiger partial charge in [-0.1, -0.05) is 12.1 Å². The van der Waals surface area contributed by atoms with Crippen LogP contribution in [0.2, 0.25) is 0 Å². The average Bonchev–Trinajstić information content (AvgIpc) is 3.03. The smallest absolute Gasteiger partial charge is 0.262 e. The number of sulfonamides is 1. The fraction of sp³-hybridized carbons (Fsp3) is 0.167. The van der Waals surface area contributed by atoms with Crippen molar-refractivity contribution in [3.05, 3.63) is 60.0 Å². The van der Waals surface area contributed by atoms with Gasteiger partial charge in [0.25, 0.3) is 10.0 Å². The molecule has 0 atom stereocenters. The highest BCUT2D eigenvalue weighted by molar-refractivity contribution is 7.92. The minimum Gasteiger partial charge on any atom is -0.481 e. The molecule has 0 saturated heterocycles. The van der Waals surface area contributed by atoms with Crippen molar-refractivity contribution in [1.82, 2.24) is 4.98 Å². The van der Waals surface area contributed by atoms with Crippen LogP contribution in [0, 0.1) is 13.8 Å². The topological polar surface area (TPSA) is 81.4 Å². The summed E-state index contributed by atoms with van der Waals surface area (Å²) in [7, 11) is -2.33. The highest BCUT2D eigenvalue weighted by atomic mass is 32.2. The van der Waals surface area contributed by atoms with Gasteiger partial charge >= 0.3 is 0 Å². The van der Waals surface area contributed by atoms with Gasteiger partial charge in [0.2, 0.25) is 5.88 Å². The summed E-state index contributed by atoms with van der Waals surface area (Å²) in [6.07, 6.45) is 1.39. The molecule has 1 aromatic carbocycles. The van der Waals surface area contributed by atoms with Crippen LogP contribution in [0.1, 0.15) is 11.3 Å². The summed E-state index contributed by atoms with van der Waals surface area (Å²) in [6.45, 7) is 3.69. The summed E-state index contributed by atoms with van der Waals surface area (Å²) in [4.78, 5) is 4.01. The fourth-order valence-corrected chi connectivity index (χ4v) is 3.47. The number of ether oxygens (including phenoxy) is 1. The van der Waals surface area contributed by atoms with Crippen molar-refractivity contribution in [2.45, 2.75) is 18.7 Å². The first-order valence-electron chi connectivity index (χ1n) is 7.59. The summed E-state index contributed by atoms with van der Waals surface area (Å²) in [5.74, 6) is 1.71. The molecule has 3 rings (SSSR count). The molecule has 0 bridgehead atoms. The molecule has 0 radical (unpaired) electrons. The van der Waals surface area contributed by atoms with E-state index in [9.17, 15) is 8.42 Å². The fourth-order valence-electron chi connectivity index (χ4n) is 2.35. The molecule has 0 saturated carbocycles. The van der Waals surface area contributed by atoms with Crippen molar-refractivity contribution in [2.75, 3.05) is 11.8 Å². The summed E-state index contributed by atoms with van der Waals surface area (Å²) < 4.78 is 38.5. The van der Waals surface area contributed by atoms with Crippen LogP contribution < -0.4 is 9.46 Å². The van der Waals surface area contributed by atoms with Gasteiger partial charge in [-0.2, -0.15) is 0 Å². The number of nitrogens with one attached hydrogen (secondary N) is 1. The second kappa shape index (κ2) is 6.60. The first-order chi connectivity index (χ1) is 11.9. The van der Waals surface area contributed by atoms with Gasteiger partial charge in [0.05, 0.1) is 17.7 Å². The number of rotatable bonds is 5. The van der Waals surface area contributed by atoms with Crippen LogP contribution in [0.25, 0.3) is 11.3 Å². The third kappa shape index (κ3) is 3.66. The molecule has 0 aliphatic rings. The third-order valence-electron chi connectivity index (χ3n) is 3.73. The largest absolute Gasteiger partial charge is 0.481 e. The van der Waals surface area contributed by atoms with Crippen LogP contribution in [0.15, 0.2) is 58.0 Å². The molecular formula is C18H18N2O4S. The van der Waals surface area contributed by atoms with Crippen molar-refractivity contribution in [3.63, 3.8) is 0 Å². The van der Waals surface area contributed by atoms with Crippen LogP contribution in [0.5, 0.6) is 5.88 Å². The Morgan fingerprint density at radius 2 is 1.88 bits per heavy atom. The monoisotopic (exact) mass is 358 g/mol. The molecular weight excluding hydrogens is 340 g/mol. The van der Waals surface area contributed by atoms with Crippen LogP contribution >= 0.6 is 0 Å². The molecule has 1 N–H and O–H groups in total. The summed E-state index contributed by atoms with van der Waals surface area (Å²) in [5, 5.41) is 0.